The normalized spacial score (nSPS) is 12.0. The van der Waals surface area contributed by atoms with E-state index < -0.39 is 0 Å². The average molecular weight is 270 g/mol. The largest absolute Gasteiger partial charge is 0.486 e. The van der Waals surface area contributed by atoms with Crippen LogP contribution in [0.15, 0.2) is 48.5 Å². The summed E-state index contributed by atoms with van der Waals surface area (Å²) >= 11 is 0. The van der Waals surface area contributed by atoms with Gasteiger partial charge in [-0.25, -0.2) is 0 Å². The Morgan fingerprint density at radius 3 is 2.10 bits per heavy atom. The van der Waals surface area contributed by atoms with Gasteiger partial charge in [-0.2, -0.15) is 0 Å². The molecule has 0 saturated carbocycles. The van der Waals surface area contributed by atoms with Gasteiger partial charge in [0, 0.05) is 26.3 Å². The Labute approximate surface area is 121 Å². The van der Waals surface area contributed by atoms with Crippen LogP contribution in [0.1, 0.15) is 24.2 Å². The minimum atomic E-state index is 0.0231. The highest BCUT2D eigenvalue weighted by atomic mass is 16.5. The maximum absolute atomic E-state index is 5.95. The van der Waals surface area contributed by atoms with Crippen molar-refractivity contribution in [3.63, 3.8) is 0 Å². The molecule has 0 bridgehead atoms. The lowest BCUT2D eigenvalue weighted by Crippen LogP contribution is -2.09. The lowest BCUT2D eigenvalue weighted by molar-refractivity contribution is 0.227. The summed E-state index contributed by atoms with van der Waals surface area (Å²) in [6, 6.07) is 16.3. The van der Waals surface area contributed by atoms with E-state index in [9.17, 15) is 0 Å². The van der Waals surface area contributed by atoms with Gasteiger partial charge in [-0.1, -0.05) is 24.3 Å². The van der Waals surface area contributed by atoms with Crippen LogP contribution < -0.4 is 15.4 Å². The second-order valence-electron chi connectivity index (χ2n) is 5.09. The first-order chi connectivity index (χ1) is 9.60. The average Bonchev–Trinajstić information content (AvgIpc) is 2.48. The highest BCUT2D eigenvalue weighted by molar-refractivity contribution is 5.46. The number of rotatable bonds is 5. The number of hydrogen-bond acceptors (Lipinski definition) is 3. The standard InChI is InChI=1S/C17H22N2O/c1-13(15-6-8-16(9-7-15)19(2)3)20-17-10-4-14(12-18)5-11-17/h4-11,13H,12,18H2,1-3H3. The van der Waals surface area contributed by atoms with Crippen molar-refractivity contribution in [1.82, 2.24) is 0 Å². The Balaban J connectivity index is 2.04. The van der Waals surface area contributed by atoms with E-state index in [1.165, 1.54) is 11.3 Å². The minimum absolute atomic E-state index is 0.0231. The van der Waals surface area contributed by atoms with E-state index in [2.05, 4.69) is 36.1 Å². The topological polar surface area (TPSA) is 38.5 Å². The van der Waals surface area contributed by atoms with E-state index in [1.807, 2.05) is 38.4 Å². The van der Waals surface area contributed by atoms with Crippen molar-refractivity contribution < 1.29 is 4.74 Å². The molecule has 1 atom stereocenters. The Morgan fingerprint density at radius 1 is 1.00 bits per heavy atom. The Morgan fingerprint density at radius 2 is 1.60 bits per heavy atom. The monoisotopic (exact) mass is 270 g/mol. The minimum Gasteiger partial charge on any atom is -0.486 e. The molecule has 20 heavy (non-hydrogen) atoms. The summed E-state index contributed by atoms with van der Waals surface area (Å²) in [6.45, 7) is 2.61. The van der Waals surface area contributed by atoms with Crippen LogP contribution in [0.4, 0.5) is 5.69 Å². The van der Waals surface area contributed by atoms with Crippen LogP contribution >= 0.6 is 0 Å². The predicted octanol–water partition coefficient (Wildman–Crippen LogP) is 3.35. The number of benzene rings is 2. The predicted molar refractivity (Wildman–Crippen MR) is 84.1 cm³/mol. The van der Waals surface area contributed by atoms with Crippen LogP contribution in [0.3, 0.4) is 0 Å². The highest BCUT2D eigenvalue weighted by Gasteiger charge is 2.07. The molecule has 3 nitrogen and oxygen atoms in total. The quantitative estimate of drug-likeness (QED) is 0.905. The first-order valence-electron chi connectivity index (χ1n) is 6.83. The molecule has 0 spiro atoms. The number of nitrogens with zero attached hydrogens (tertiary/aromatic N) is 1. The van der Waals surface area contributed by atoms with Crippen molar-refractivity contribution in [2.24, 2.45) is 5.73 Å². The van der Waals surface area contributed by atoms with E-state index >= 15 is 0 Å². The zero-order valence-electron chi connectivity index (χ0n) is 12.3. The number of ether oxygens (including phenoxy) is 1. The van der Waals surface area contributed by atoms with Gasteiger partial charge in [0.2, 0.25) is 0 Å². The van der Waals surface area contributed by atoms with Gasteiger partial charge in [0.05, 0.1) is 0 Å². The first kappa shape index (κ1) is 14.4. The van der Waals surface area contributed by atoms with Gasteiger partial charge >= 0.3 is 0 Å². The van der Waals surface area contributed by atoms with E-state index in [0.29, 0.717) is 6.54 Å². The fourth-order valence-electron chi connectivity index (χ4n) is 2.02. The molecule has 1 unspecified atom stereocenters. The van der Waals surface area contributed by atoms with Gasteiger partial charge in [0.1, 0.15) is 11.9 Å². The first-order valence-corrected chi connectivity index (χ1v) is 6.83. The molecule has 0 aliphatic rings. The summed E-state index contributed by atoms with van der Waals surface area (Å²) in [4.78, 5) is 2.08. The second-order valence-corrected chi connectivity index (χ2v) is 5.09. The molecule has 0 fully saturated rings. The van der Waals surface area contributed by atoms with Crippen molar-refractivity contribution in [2.45, 2.75) is 19.6 Å². The summed E-state index contributed by atoms with van der Waals surface area (Å²) in [5.74, 6) is 0.867. The molecule has 0 aliphatic heterocycles. The third-order valence-electron chi connectivity index (χ3n) is 3.35. The van der Waals surface area contributed by atoms with Crippen molar-refractivity contribution >= 4 is 5.69 Å². The van der Waals surface area contributed by atoms with Crippen LogP contribution in [0.5, 0.6) is 5.75 Å². The van der Waals surface area contributed by atoms with E-state index in [1.54, 1.807) is 0 Å². The Hall–Kier alpha value is -2.00. The van der Waals surface area contributed by atoms with Gasteiger partial charge in [-0.15, -0.1) is 0 Å². The maximum Gasteiger partial charge on any atom is 0.121 e. The molecule has 2 aromatic rings. The lowest BCUT2D eigenvalue weighted by atomic mass is 10.1. The molecule has 0 heterocycles. The van der Waals surface area contributed by atoms with E-state index in [4.69, 9.17) is 10.5 Å². The van der Waals surface area contributed by atoms with Crippen molar-refractivity contribution in [2.75, 3.05) is 19.0 Å². The molecule has 2 N–H and O–H groups in total. The molecular weight excluding hydrogens is 248 g/mol. The number of anilines is 1. The van der Waals surface area contributed by atoms with Gasteiger partial charge in [-0.05, 0) is 42.3 Å². The Kier molecular flexibility index (Phi) is 4.64. The SMILES string of the molecule is CC(Oc1ccc(CN)cc1)c1ccc(N(C)C)cc1. The van der Waals surface area contributed by atoms with Crippen LogP contribution in [-0.4, -0.2) is 14.1 Å². The third kappa shape index (κ3) is 3.52. The van der Waals surface area contributed by atoms with Crippen molar-refractivity contribution in [3.05, 3.63) is 59.7 Å². The molecule has 106 valence electrons. The molecule has 3 heteroatoms. The van der Waals surface area contributed by atoms with Crippen molar-refractivity contribution in [3.8, 4) is 5.75 Å². The highest BCUT2D eigenvalue weighted by Crippen LogP contribution is 2.23. The Bertz CT molecular complexity index is 532. The zero-order chi connectivity index (χ0) is 14.5. The number of nitrogens with two attached hydrogens (primary N) is 1. The van der Waals surface area contributed by atoms with Gasteiger partial charge in [0.25, 0.3) is 0 Å². The van der Waals surface area contributed by atoms with Gasteiger partial charge in [0.15, 0.2) is 0 Å². The summed E-state index contributed by atoms with van der Waals surface area (Å²) in [6.07, 6.45) is 0.0231. The third-order valence-corrected chi connectivity index (χ3v) is 3.35. The molecule has 0 saturated heterocycles. The lowest BCUT2D eigenvalue weighted by Gasteiger charge is -2.17. The summed E-state index contributed by atoms with van der Waals surface area (Å²) in [5, 5.41) is 0. The smallest absolute Gasteiger partial charge is 0.121 e. The maximum atomic E-state index is 5.95. The molecule has 0 aliphatic carbocycles. The van der Waals surface area contributed by atoms with Crippen LogP contribution in [0, 0.1) is 0 Å². The zero-order valence-corrected chi connectivity index (χ0v) is 12.3. The molecular formula is C17H22N2O. The molecule has 2 aromatic carbocycles. The molecule has 0 radical (unpaired) electrons. The molecule has 0 aromatic heterocycles. The van der Waals surface area contributed by atoms with Gasteiger partial charge < -0.3 is 15.4 Å². The summed E-state index contributed by atoms with van der Waals surface area (Å²) in [7, 11) is 4.07. The second kappa shape index (κ2) is 6.44. The van der Waals surface area contributed by atoms with Crippen molar-refractivity contribution in [1.29, 1.82) is 0 Å². The van der Waals surface area contributed by atoms with Crippen LogP contribution in [-0.2, 0) is 6.54 Å². The fraction of sp³-hybridized carbons (Fsp3) is 0.294. The number of hydrogen-bond donors (Lipinski definition) is 1. The molecule has 0 amide bonds. The van der Waals surface area contributed by atoms with Gasteiger partial charge in [-0.3, -0.25) is 0 Å². The fourth-order valence-corrected chi connectivity index (χ4v) is 2.02. The van der Waals surface area contributed by atoms with Crippen LogP contribution in [0.25, 0.3) is 0 Å². The van der Waals surface area contributed by atoms with Crippen LogP contribution in [0.2, 0.25) is 0 Å². The summed E-state index contributed by atoms with van der Waals surface area (Å²) in [5.41, 5.74) is 9.05. The van der Waals surface area contributed by atoms with E-state index in [-0.39, 0.29) is 6.10 Å². The summed E-state index contributed by atoms with van der Waals surface area (Å²) < 4.78 is 5.95. The van der Waals surface area contributed by atoms with E-state index in [0.717, 1.165) is 11.3 Å². The molecule has 2 rings (SSSR count).